The van der Waals surface area contributed by atoms with Gasteiger partial charge in [-0.1, -0.05) is 42.5 Å². The van der Waals surface area contributed by atoms with Gasteiger partial charge in [-0.25, -0.2) is 4.79 Å². The van der Waals surface area contributed by atoms with E-state index in [1.165, 1.54) is 4.90 Å². The number of amides is 4. The fourth-order valence-electron chi connectivity index (χ4n) is 5.18. The maximum Gasteiger partial charge on any atom is 0.325 e. The molecule has 36 heavy (non-hydrogen) atoms. The fourth-order valence-corrected chi connectivity index (χ4v) is 5.18. The Kier molecular flexibility index (Phi) is 6.96. The summed E-state index contributed by atoms with van der Waals surface area (Å²) in [5.74, 6) is 0.921. The van der Waals surface area contributed by atoms with Crippen molar-refractivity contribution in [3.05, 3.63) is 65.7 Å². The van der Waals surface area contributed by atoms with Gasteiger partial charge in [0.1, 0.15) is 11.3 Å². The molecule has 0 aromatic heterocycles. The lowest BCUT2D eigenvalue weighted by molar-refractivity contribution is -0.133. The van der Waals surface area contributed by atoms with E-state index in [0.29, 0.717) is 12.8 Å². The van der Waals surface area contributed by atoms with Crippen LogP contribution in [0.4, 0.5) is 4.79 Å². The lowest BCUT2D eigenvalue weighted by atomic mass is 9.87. The maximum absolute atomic E-state index is 13.3. The summed E-state index contributed by atoms with van der Waals surface area (Å²) in [6.45, 7) is 2.51. The third kappa shape index (κ3) is 5.23. The number of ether oxygens (including phenoxy) is 1. The Morgan fingerprint density at radius 2 is 1.78 bits per heavy atom. The normalized spacial score (nSPS) is 20.3. The van der Waals surface area contributed by atoms with Crippen molar-refractivity contribution in [3.63, 3.8) is 0 Å². The van der Waals surface area contributed by atoms with E-state index in [4.69, 9.17) is 4.74 Å². The van der Waals surface area contributed by atoms with E-state index >= 15 is 0 Å². The Morgan fingerprint density at radius 3 is 2.42 bits per heavy atom. The Bertz CT molecular complexity index is 1090. The average Bonchev–Trinajstić information content (AvgIpc) is 3.74. The zero-order valence-corrected chi connectivity index (χ0v) is 20.7. The monoisotopic (exact) mass is 490 g/mol. The van der Waals surface area contributed by atoms with Crippen LogP contribution in [-0.2, 0) is 16.1 Å². The van der Waals surface area contributed by atoms with Crippen LogP contribution in [0, 0.1) is 5.92 Å². The van der Waals surface area contributed by atoms with Crippen LogP contribution in [-0.4, -0.2) is 59.9 Å². The third-order valence-electron chi connectivity index (χ3n) is 7.66. The van der Waals surface area contributed by atoms with Gasteiger partial charge in [0.25, 0.3) is 5.91 Å². The summed E-state index contributed by atoms with van der Waals surface area (Å²) < 4.78 is 5.19. The van der Waals surface area contributed by atoms with E-state index in [9.17, 15) is 14.4 Å². The van der Waals surface area contributed by atoms with Gasteiger partial charge in [0, 0.05) is 25.6 Å². The van der Waals surface area contributed by atoms with Crippen molar-refractivity contribution < 1.29 is 19.1 Å². The van der Waals surface area contributed by atoms with Crippen LogP contribution in [0.1, 0.15) is 49.3 Å². The van der Waals surface area contributed by atoms with Crippen molar-refractivity contribution in [1.29, 1.82) is 0 Å². The standard InChI is InChI=1S/C28H34N4O4/c1-36-23-11-7-20(8-12-23)19-32-26(34)28(30-27(32)35)14-17-31(18-15-28)16-13-24(21-5-3-2-4-6-21)29-25(33)22-9-10-22/h2-8,11-12,22,24H,9-10,13-19H2,1H3,(H,29,33)(H,30,35)/t24-/m0/s1. The molecule has 8 heteroatoms. The van der Waals surface area contributed by atoms with Gasteiger partial charge in [-0.15, -0.1) is 0 Å². The number of methoxy groups -OCH3 is 1. The first kappa shape index (κ1) is 24.3. The van der Waals surface area contributed by atoms with Crippen LogP contribution in [0.25, 0.3) is 0 Å². The first-order valence-electron chi connectivity index (χ1n) is 12.8. The molecule has 8 nitrogen and oxygen atoms in total. The number of carbonyl (C=O) groups excluding carboxylic acids is 3. The highest BCUT2D eigenvalue weighted by Gasteiger charge is 2.52. The molecule has 1 aliphatic carbocycles. The van der Waals surface area contributed by atoms with E-state index in [0.717, 1.165) is 55.8 Å². The summed E-state index contributed by atoms with van der Waals surface area (Å²) in [4.78, 5) is 42.2. The third-order valence-corrected chi connectivity index (χ3v) is 7.66. The number of hydrogen-bond acceptors (Lipinski definition) is 5. The van der Waals surface area contributed by atoms with Gasteiger partial charge >= 0.3 is 6.03 Å². The molecule has 4 amide bonds. The fraction of sp³-hybridized carbons (Fsp3) is 0.464. The van der Waals surface area contributed by atoms with E-state index in [2.05, 4.69) is 27.7 Å². The van der Waals surface area contributed by atoms with Crippen LogP contribution < -0.4 is 15.4 Å². The predicted octanol–water partition coefficient (Wildman–Crippen LogP) is 3.24. The minimum absolute atomic E-state index is 0.0250. The van der Waals surface area contributed by atoms with Crippen LogP contribution >= 0.6 is 0 Å². The van der Waals surface area contributed by atoms with E-state index < -0.39 is 5.54 Å². The van der Waals surface area contributed by atoms with Crippen molar-refractivity contribution in [3.8, 4) is 5.75 Å². The Hall–Kier alpha value is -3.39. The minimum Gasteiger partial charge on any atom is -0.497 e. The number of nitrogens with one attached hydrogen (secondary N) is 2. The number of piperidine rings is 1. The Morgan fingerprint density at radius 1 is 1.08 bits per heavy atom. The summed E-state index contributed by atoms with van der Waals surface area (Å²) in [6, 6.07) is 17.2. The lowest BCUT2D eigenvalue weighted by Crippen LogP contribution is -2.55. The topological polar surface area (TPSA) is 91.0 Å². The molecular formula is C28H34N4O4. The summed E-state index contributed by atoms with van der Waals surface area (Å²) >= 11 is 0. The molecule has 0 bridgehead atoms. The maximum atomic E-state index is 13.3. The van der Waals surface area contributed by atoms with Gasteiger partial charge in [-0.2, -0.15) is 0 Å². The number of rotatable bonds is 9. The van der Waals surface area contributed by atoms with Gasteiger partial charge < -0.3 is 20.3 Å². The van der Waals surface area contributed by atoms with Crippen LogP contribution in [0.3, 0.4) is 0 Å². The second-order valence-corrected chi connectivity index (χ2v) is 10.1. The summed E-state index contributed by atoms with van der Waals surface area (Å²) in [5, 5.41) is 6.24. The molecule has 3 aliphatic rings. The Balaban J connectivity index is 1.16. The van der Waals surface area contributed by atoms with E-state index in [-0.39, 0.29) is 36.3 Å². The van der Waals surface area contributed by atoms with E-state index in [1.54, 1.807) is 7.11 Å². The van der Waals surface area contributed by atoms with Gasteiger partial charge in [0.15, 0.2) is 0 Å². The molecule has 1 spiro atoms. The highest BCUT2D eigenvalue weighted by atomic mass is 16.5. The summed E-state index contributed by atoms with van der Waals surface area (Å²) in [5.41, 5.74) is 1.18. The molecule has 3 fully saturated rings. The van der Waals surface area contributed by atoms with Crippen molar-refractivity contribution in [2.24, 2.45) is 5.92 Å². The molecular weight excluding hydrogens is 456 g/mol. The van der Waals surface area contributed by atoms with Crippen molar-refractivity contribution in [2.75, 3.05) is 26.7 Å². The molecule has 2 heterocycles. The SMILES string of the molecule is COc1ccc(CN2C(=O)NC3(CCN(CC[C@H](NC(=O)C4CC4)c4ccccc4)CC3)C2=O)cc1. The largest absolute Gasteiger partial charge is 0.497 e. The van der Waals surface area contributed by atoms with Crippen molar-refractivity contribution in [1.82, 2.24) is 20.4 Å². The number of carbonyl (C=O) groups is 3. The number of imide groups is 1. The zero-order valence-electron chi connectivity index (χ0n) is 20.7. The number of nitrogens with zero attached hydrogens (tertiary/aromatic N) is 2. The van der Waals surface area contributed by atoms with Gasteiger partial charge in [-0.3, -0.25) is 14.5 Å². The molecule has 1 atom stereocenters. The van der Waals surface area contributed by atoms with Gasteiger partial charge in [-0.05, 0) is 55.4 Å². The number of benzene rings is 2. The van der Waals surface area contributed by atoms with Crippen molar-refractivity contribution in [2.45, 2.75) is 50.2 Å². The molecule has 190 valence electrons. The number of hydrogen-bond donors (Lipinski definition) is 2. The van der Waals surface area contributed by atoms with E-state index in [1.807, 2.05) is 42.5 Å². The van der Waals surface area contributed by atoms with Crippen molar-refractivity contribution >= 4 is 17.8 Å². The molecule has 1 saturated carbocycles. The second-order valence-electron chi connectivity index (χ2n) is 10.1. The lowest BCUT2D eigenvalue weighted by Gasteiger charge is -2.37. The minimum atomic E-state index is -0.820. The number of likely N-dealkylation sites (tertiary alicyclic amines) is 1. The first-order valence-corrected chi connectivity index (χ1v) is 12.8. The smallest absolute Gasteiger partial charge is 0.325 e. The molecule has 2 aromatic rings. The number of urea groups is 1. The Labute approximate surface area is 212 Å². The highest BCUT2D eigenvalue weighted by Crippen LogP contribution is 2.32. The summed E-state index contributed by atoms with van der Waals surface area (Å²) in [6.07, 6.45) is 3.94. The van der Waals surface area contributed by atoms with Crippen LogP contribution in [0.2, 0.25) is 0 Å². The average molecular weight is 491 g/mol. The van der Waals surface area contributed by atoms with Crippen LogP contribution in [0.15, 0.2) is 54.6 Å². The summed E-state index contributed by atoms with van der Waals surface area (Å²) in [7, 11) is 1.61. The quantitative estimate of drug-likeness (QED) is 0.527. The second kappa shape index (κ2) is 10.3. The predicted molar refractivity (Wildman–Crippen MR) is 135 cm³/mol. The molecule has 0 radical (unpaired) electrons. The molecule has 2 aliphatic heterocycles. The molecule has 2 N–H and O–H groups in total. The first-order chi connectivity index (χ1) is 17.5. The van der Waals surface area contributed by atoms with Gasteiger partial charge in [0.05, 0.1) is 19.7 Å². The van der Waals surface area contributed by atoms with Crippen LogP contribution in [0.5, 0.6) is 5.75 Å². The zero-order chi connectivity index (χ0) is 25.1. The van der Waals surface area contributed by atoms with Gasteiger partial charge in [0.2, 0.25) is 5.91 Å². The highest BCUT2D eigenvalue weighted by molar-refractivity contribution is 6.07. The molecule has 5 rings (SSSR count). The molecule has 2 aromatic carbocycles. The molecule has 2 saturated heterocycles. The molecule has 0 unspecified atom stereocenters.